The molecule has 0 unspecified atom stereocenters. The predicted molar refractivity (Wildman–Crippen MR) is 69.7 cm³/mol. The van der Waals surface area contributed by atoms with Crippen molar-refractivity contribution < 1.29 is 13.3 Å². The van der Waals surface area contributed by atoms with Crippen LogP contribution in [0.5, 0.6) is 0 Å². The summed E-state index contributed by atoms with van der Waals surface area (Å²) in [5, 5.41) is 10.8. The number of benzene rings is 1. The van der Waals surface area contributed by atoms with Gasteiger partial charge in [-0.25, -0.2) is 8.42 Å². The van der Waals surface area contributed by atoms with Gasteiger partial charge in [-0.15, -0.1) is 0 Å². The second-order valence-electron chi connectivity index (χ2n) is 4.21. The van der Waals surface area contributed by atoms with Gasteiger partial charge in [0, 0.05) is 12.1 Å². The van der Waals surface area contributed by atoms with E-state index in [1.54, 1.807) is 13.8 Å². The molecule has 1 aliphatic rings. The topological polar surface area (TPSA) is 92.9 Å². The van der Waals surface area contributed by atoms with Crippen molar-refractivity contribution in [1.82, 2.24) is 4.31 Å². The zero-order chi connectivity index (χ0) is 14.2. The number of nitro groups is 1. The van der Waals surface area contributed by atoms with Crippen molar-refractivity contribution in [2.24, 2.45) is 4.99 Å². The highest BCUT2D eigenvalue weighted by atomic mass is 32.2. The number of sulfonamides is 1. The molecule has 0 saturated heterocycles. The lowest BCUT2D eigenvalue weighted by Gasteiger charge is -2.19. The number of hydrogen-bond acceptors (Lipinski definition) is 5. The standard InChI is InChI=1S/C11H13N3O4S/c1-8-3-4-10(14(15)16)7-11(8)19(17,18)13-6-5-12-9(13)2/h3-4,7H,5-6H2,1-2H3. The monoisotopic (exact) mass is 283 g/mol. The van der Waals surface area contributed by atoms with Gasteiger partial charge in [0.2, 0.25) is 0 Å². The number of non-ortho nitro benzene ring substituents is 1. The van der Waals surface area contributed by atoms with Crippen LogP contribution in [0.1, 0.15) is 12.5 Å². The third-order valence-corrected chi connectivity index (χ3v) is 4.98. The van der Waals surface area contributed by atoms with E-state index in [2.05, 4.69) is 4.99 Å². The van der Waals surface area contributed by atoms with Gasteiger partial charge in [-0.1, -0.05) is 6.07 Å². The van der Waals surface area contributed by atoms with Crippen molar-refractivity contribution in [1.29, 1.82) is 0 Å². The molecule has 0 aromatic heterocycles. The molecule has 1 heterocycles. The Kier molecular flexibility index (Phi) is 3.27. The number of nitro benzene ring substituents is 1. The second-order valence-corrected chi connectivity index (χ2v) is 6.04. The molecule has 0 bridgehead atoms. The van der Waals surface area contributed by atoms with Crippen LogP contribution < -0.4 is 0 Å². The van der Waals surface area contributed by atoms with E-state index >= 15 is 0 Å². The van der Waals surface area contributed by atoms with Crippen LogP contribution in [0, 0.1) is 17.0 Å². The lowest BCUT2D eigenvalue weighted by Crippen LogP contribution is -2.33. The van der Waals surface area contributed by atoms with Crippen LogP contribution in [-0.4, -0.2) is 36.6 Å². The molecular formula is C11H13N3O4S. The highest BCUT2D eigenvalue weighted by molar-refractivity contribution is 7.89. The highest BCUT2D eigenvalue weighted by Gasteiger charge is 2.30. The number of aryl methyl sites for hydroxylation is 1. The van der Waals surface area contributed by atoms with Gasteiger partial charge in [0.05, 0.1) is 22.9 Å². The number of amidine groups is 1. The summed E-state index contributed by atoms with van der Waals surface area (Å²) in [5.74, 6) is 0.408. The number of nitrogens with zero attached hydrogens (tertiary/aromatic N) is 3. The second kappa shape index (κ2) is 4.61. The average Bonchev–Trinajstić information content (AvgIpc) is 2.76. The smallest absolute Gasteiger partial charge is 0.270 e. The third kappa shape index (κ3) is 2.30. The van der Waals surface area contributed by atoms with Crippen molar-refractivity contribution >= 4 is 21.5 Å². The van der Waals surface area contributed by atoms with Crippen LogP contribution in [0.2, 0.25) is 0 Å². The minimum absolute atomic E-state index is 0.0434. The zero-order valence-electron chi connectivity index (χ0n) is 10.5. The van der Waals surface area contributed by atoms with Crippen LogP contribution in [0.3, 0.4) is 0 Å². The van der Waals surface area contributed by atoms with Gasteiger partial charge in [-0.05, 0) is 19.4 Å². The van der Waals surface area contributed by atoms with Gasteiger partial charge in [-0.2, -0.15) is 0 Å². The molecule has 7 nitrogen and oxygen atoms in total. The molecule has 1 aromatic rings. The molecule has 19 heavy (non-hydrogen) atoms. The van der Waals surface area contributed by atoms with Crippen LogP contribution >= 0.6 is 0 Å². The summed E-state index contributed by atoms with van der Waals surface area (Å²) < 4.78 is 26.1. The maximum Gasteiger partial charge on any atom is 0.270 e. The van der Waals surface area contributed by atoms with E-state index in [-0.39, 0.29) is 17.1 Å². The first kappa shape index (κ1) is 13.5. The molecule has 2 rings (SSSR count). The molecule has 0 amide bonds. The molecule has 0 fully saturated rings. The number of hydrogen-bond donors (Lipinski definition) is 0. The van der Waals surface area contributed by atoms with Crippen LogP contribution in [0.25, 0.3) is 0 Å². The summed E-state index contributed by atoms with van der Waals surface area (Å²) in [6.45, 7) is 3.91. The van der Waals surface area contributed by atoms with Crippen LogP contribution in [0.4, 0.5) is 5.69 Å². The molecule has 0 spiro atoms. The molecule has 0 N–H and O–H groups in total. The minimum Gasteiger partial charge on any atom is -0.270 e. The first-order chi connectivity index (χ1) is 8.84. The van der Waals surface area contributed by atoms with Crippen molar-refractivity contribution in [2.45, 2.75) is 18.7 Å². The maximum absolute atomic E-state index is 12.5. The Morgan fingerprint density at radius 1 is 1.37 bits per heavy atom. The average molecular weight is 283 g/mol. The Morgan fingerprint density at radius 3 is 2.58 bits per heavy atom. The maximum atomic E-state index is 12.5. The van der Waals surface area contributed by atoms with E-state index in [0.717, 1.165) is 6.07 Å². The SMILES string of the molecule is CC1=NCCN1S(=O)(=O)c1cc([N+](=O)[O-])ccc1C. The lowest BCUT2D eigenvalue weighted by molar-refractivity contribution is -0.385. The quantitative estimate of drug-likeness (QED) is 0.617. The summed E-state index contributed by atoms with van der Waals surface area (Å²) in [7, 11) is -3.78. The van der Waals surface area contributed by atoms with Gasteiger partial charge in [0.25, 0.3) is 15.7 Å². The molecule has 1 aromatic carbocycles. The number of rotatable bonds is 3. The van der Waals surface area contributed by atoms with Gasteiger partial charge in [-0.3, -0.25) is 19.4 Å². The largest absolute Gasteiger partial charge is 0.270 e. The van der Waals surface area contributed by atoms with E-state index in [4.69, 9.17) is 0 Å². The molecule has 8 heteroatoms. The van der Waals surface area contributed by atoms with Gasteiger partial charge < -0.3 is 0 Å². The molecule has 0 radical (unpaired) electrons. The fourth-order valence-corrected chi connectivity index (χ4v) is 3.65. The molecular weight excluding hydrogens is 270 g/mol. The number of aliphatic imine (C=N–C) groups is 1. The minimum atomic E-state index is -3.78. The van der Waals surface area contributed by atoms with Crippen molar-refractivity contribution in [3.05, 3.63) is 33.9 Å². The van der Waals surface area contributed by atoms with E-state index in [9.17, 15) is 18.5 Å². The zero-order valence-corrected chi connectivity index (χ0v) is 11.3. The van der Waals surface area contributed by atoms with E-state index in [1.165, 1.54) is 16.4 Å². The van der Waals surface area contributed by atoms with Crippen LogP contribution in [-0.2, 0) is 10.0 Å². The van der Waals surface area contributed by atoms with E-state index in [1.807, 2.05) is 0 Å². The van der Waals surface area contributed by atoms with Crippen molar-refractivity contribution in [2.75, 3.05) is 13.1 Å². The van der Waals surface area contributed by atoms with Crippen LogP contribution in [0.15, 0.2) is 28.1 Å². The van der Waals surface area contributed by atoms with Crippen molar-refractivity contribution in [3.8, 4) is 0 Å². The molecule has 1 aliphatic heterocycles. The molecule has 0 atom stereocenters. The first-order valence-electron chi connectivity index (χ1n) is 5.63. The summed E-state index contributed by atoms with van der Waals surface area (Å²) in [6.07, 6.45) is 0. The Labute approximate surface area is 110 Å². The fourth-order valence-electron chi connectivity index (χ4n) is 1.94. The summed E-state index contributed by atoms with van der Waals surface area (Å²) in [5.41, 5.74) is 0.239. The summed E-state index contributed by atoms with van der Waals surface area (Å²) >= 11 is 0. The predicted octanol–water partition coefficient (Wildman–Crippen LogP) is 1.33. The highest BCUT2D eigenvalue weighted by Crippen LogP contribution is 2.26. The molecule has 102 valence electrons. The summed E-state index contributed by atoms with van der Waals surface area (Å²) in [6, 6.07) is 3.82. The van der Waals surface area contributed by atoms with Crippen molar-refractivity contribution in [3.63, 3.8) is 0 Å². The van der Waals surface area contributed by atoms with E-state index < -0.39 is 14.9 Å². The molecule has 0 saturated carbocycles. The Hall–Kier alpha value is -1.96. The Balaban J connectivity index is 2.54. The van der Waals surface area contributed by atoms with Gasteiger partial charge in [0.1, 0.15) is 5.84 Å². The lowest BCUT2D eigenvalue weighted by atomic mass is 10.2. The van der Waals surface area contributed by atoms with Gasteiger partial charge in [0.15, 0.2) is 0 Å². The fraction of sp³-hybridized carbons (Fsp3) is 0.364. The van der Waals surface area contributed by atoms with Gasteiger partial charge >= 0.3 is 0 Å². The molecule has 0 aliphatic carbocycles. The normalized spacial score (nSPS) is 15.5. The summed E-state index contributed by atoms with van der Waals surface area (Å²) in [4.78, 5) is 14.1. The third-order valence-electron chi connectivity index (χ3n) is 2.96. The first-order valence-corrected chi connectivity index (χ1v) is 7.07. The Bertz CT molecular complexity index is 667. The Morgan fingerprint density at radius 2 is 2.05 bits per heavy atom. The van der Waals surface area contributed by atoms with E-state index in [0.29, 0.717) is 17.9 Å².